The van der Waals surface area contributed by atoms with Crippen LogP contribution in [0.4, 0.5) is 0 Å². The summed E-state index contributed by atoms with van der Waals surface area (Å²) in [4.78, 5) is 44.9. The molecule has 0 bridgehead atoms. The van der Waals surface area contributed by atoms with Crippen LogP contribution in [-0.4, -0.2) is 115 Å². The molecule has 0 spiro atoms. The Labute approximate surface area is 833 Å². The Hall–Kier alpha value is -1.69. The third-order valence-corrected chi connectivity index (χ3v) is 44.3. The van der Waals surface area contributed by atoms with Gasteiger partial charge in [0.25, 0.3) is 0 Å². The van der Waals surface area contributed by atoms with Crippen molar-refractivity contribution in [3.63, 3.8) is 0 Å². The van der Waals surface area contributed by atoms with Crippen molar-refractivity contribution in [2.45, 2.75) is 565 Å². The summed E-state index contributed by atoms with van der Waals surface area (Å²) in [5, 5.41) is 27.1. The molecular formula is C111H213Cl3O14SSi3. The van der Waals surface area contributed by atoms with Crippen LogP contribution >= 0.6 is 33.0 Å². The highest BCUT2D eigenvalue weighted by Crippen LogP contribution is 2.50. The number of carbonyl (C=O) groups is 4. The Morgan fingerprint density at radius 2 is 0.561 bits per heavy atom. The second kappa shape index (κ2) is 81.8. The summed E-state index contributed by atoms with van der Waals surface area (Å²) in [5.74, 6) is 7.34. The van der Waals surface area contributed by atoms with Crippen molar-refractivity contribution in [3.05, 3.63) is 48.6 Å². The molecule has 0 aromatic carbocycles. The fraction of sp³-hybridized carbons (Fsp3) is 0.892. The monoisotopic (exact) mass is 1990 g/mol. The Bertz CT molecular complexity index is 2890. The zero-order valence-electron chi connectivity index (χ0n) is 89.8. The average Bonchev–Trinajstić information content (AvgIpc) is 1.67. The Morgan fingerprint density at radius 3 is 0.795 bits per heavy atom. The van der Waals surface area contributed by atoms with Crippen molar-refractivity contribution in [2.75, 3.05) is 0 Å². The normalized spacial score (nSPS) is 23.4. The first kappa shape index (κ1) is 132. The van der Waals surface area contributed by atoms with Gasteiger partial charge in [-0.3, -0.25) is 19.2 Å². The summed E-state index contributed by atoms with van der Waals surface area (Å²) in [6.45, 7) is 51.0. The van der Waals surface area contributed by atoms with E-state index >= 15 is 0 Å². The molecule has 132 heavy (non-hydrogen) atoms. The van der Waals surface area contributed by atoms with Gasteiger partial charge in [-0.2, -0.15) is 8.42 Å². The van der Waals surface area contributed by atoms with Gasteiger partial charge in [0.2, 0.25) is 5.24 Å². The molecule has 0 aromatic rings. The van der Waals surface area contributed by atoms with Crippen LogP contribution in [0, 0.1) is 71.0 Å². The van der Waals surface area contributed by atoms with Crippen molar-refractivity contribution in [1.82, 2.24) is 0 Å². The van der Waals surface area contributed by atoms with E-state index in [2.05, 4.69) is 188 Å². The lowest BCUT2D eigenvalue weighted by atomic mass is 9.83. The lowest BCUT2D eigenvalue weighted by Crippen LogP contribution is -2.41. The van der Waals surface area contributed by atoms with Gasteiger partial charge in [0, 0.05) is 71.5 Å². The summed E-state index contributed by atoms with van der Waals surface area (Å²) >= 11 is 5.45. The molecule has 0 aliphatic heterocycles. The van der Waals surface area contributed by atoms with Gasteiger partial charge in [-0.1, -0.05) is 320 Å². The van der Waals surface area contributed by atoms with E-state index in [4.69, 9.17) is 53.0 Å². The van der Waals surface area contributed by atoms with E-state index in [-0.39, 0.29) is 48.0 Å². The molecule has 3 N–H and O–H groups in total. The maximum atomic E-state index is 11.7. The number of ether oxygens (including phenoxy) is 2. The molecule has 14 nitrogen and oxygen atoms in total. The third kappa shape index (κ3) is 64.0. The largest absolute Gasteiger partial charge is 0.481 e. The third-order valence-electron chi connectivity index (χ3n) is 30.1. The highest BCUT2D eigenvalue weighted by atomic mass is 36.0. The van der Waals surface area contributed by atoms with Gasteiger partial charge in [0.1, 0.15) is 0 Å². The van der Waals surface area contributed by atoms with Crippen LogP contribution < -0.4 is 0 Å². The molecule has 4 aliphatic rings. The average molecular weight is 1990 g/mol. The van der Waals surface area contributed by atoms with E-state index in [1.807, 2.05) is 27.7 Å². The molecule has 4 aliphatic carbocycles. The van der Waals surface area contributed by atoms with Gasteiger partial charge in [-0.15, -0.1) is 0 Å². The molecule has 21 heteroatoms. The predicted octanol–water partition coefficient (Wildman–Crippen LogP) is 34.9. The summed E-state index contributed by atoms with van der Waals surface area (Å²) in [6, 6.07) is 11.2. The molecule has 0 unspecified atom stereocenters. The smallest absolute Gasteiger partial charge is 0.317 e. The molecule has 780 valence electrons. The number of aliphatic hydroxyl groups excluding tert-OH is 2. The van der Waals surface area contributed by atoms with Gasteiger partial charge in [-0.25, -0.2) is 0 Å². The zero-order chi connectivity index (χ0) is 99.8. The summed E-state index contributed by atoms with van der Waals surface area (Å²) in [6.07, 6.45) is 75.3. The number of rotatable bonds is 69. The minimum atomic E-state index is -3.72. The van der Waals surface area contributed by atoms with Gasteiger partial charge < -0.3 is 38.1 Å². The van der Waals surface area contributed by atoms with Crippen LogP contribution in [0.3, 0.4) is 0 Å². The van der Waals surface area contributed by atoms with E-state index in [1.54, 1.807) is 13.8 Å². The topological polar surface area (TPSA) is 209 Å². The van der Waals surface area contributed by atoms with E-state index in [9.17, 15) is 24.3 Å². The zero-order valence-corrected chi connectivity index (χ0v) is 95.9. The fourth-order valence-corrected chi connectivity index (χ4v) is 30.4. The number of aliphatic hydroxyl groups is 2. The van der Waals surface area contributed by atoms with Crippen LogP contribution in [-0.2, 0) is 50.2 Å². The predicted molar refractivity (Wildman–Crippen MR) is 577 cm³/mol. The van der Waals surface area contributed by atoms with Crippen molar-refractivity contribution >= 4 is 89.3 Å². The lowest BCUT2D eigenvalue weighted by molar-refractivity contribution is -0.148. The molecule has 0 heterocycles. The van der Waals surface area contributed by atoms with Gasteiger partial charge in [-0.05, 0) is 307 Å². The number of unbranched alkanes of at least 4 members (excludes halogenated alkanes) is 24. The number of halogens is 3. The summed E-state index contributed by atoms with van der Waals surface area (Å²) in [5.41, 5.74) is 0. The molecule has 4 saturated carbocycles. The maximum absolute atomic E-state index is 11.7. The number of esters is 2. The Kier molecular flexibility index (Phi) is 82.0. The molecule has 0 saturated heterocycles. The van der Waals surface area contributed by atoms with Crippen molar-refractivity contribution in [2.24, 2.45) is 71.0 Å². The highest BCUT2D eigenvalue weighted by Gasteiger charge is 2.48. The molecule has 0 amide bonds. The van der Waals surface area contributed by atoms with Gasteiger partial charge >= 0.3 is 26.2 Å². The minimum Gasteiger partial charge on any atom is -0.481 e. The number of hydrogen-bond donors (Lipinski definition) is 3. The standard InChI is InChI=1S/C30H58O3Si.C27H51ClO2Si.C27H52O3Si.C24H44O3.C3H8O.Cl2O2S/c1-8-12-13-14-15-19-22-28-27(21-18-16-17-20-23-30(31)32-25(5)6)26(7)24-29(28)33-34(9-2,10-3)11-4;2*1-6-10-11-12-13-17-20-25-24(19-16-14-15-18-21-27(28)29)23(5)22-26(25)30-31(7-2,8-3)9-4;1-5-6-7-8-9-13-16-22-21(20(4)18-23(22)25)15-12-10-11-14-17-24(26)27-19(2)3;1-3(2)4;1-5(2,3)4/h16,18,25-29H,8-15,17,19-24H2,1-7H3;14,16,23-26H,6-13,15,17-22H2,1-5H3;14,16,23-26H,6-13,15,17-22H2,1-5H3,(H,28,29);10,12,19-23,25H,5-9,11,13-18H2,1-4H3;3-4H,1-2H3;/b18-16-;2*16-14-;12-10-;;/t26-,27-,28+,29+;2*23-,24-,25+,26+;20-,21-,22+,23+;;/m0000../s1. The molecule has 4 rings (SSSR count). The number of aliphatic carboxylic acids is 1. The van der Waals surface area contributed by atoms with Crippen LogP contribution in [0.2, 0.25) is 54.4 Å². The molecule has 0 radical (unpaired) electrons. The number of hydrogen-bond acceptors (Lipinski definition) is 13. The maximum Gasteiger partial charge on any atom is 0.317 e. The van der Waals surface area contributed by atoms with Gasteiger partial charge in [0.05, 0.1) is 18.3 Å². The van der Waals surface area contributed by atoms with Crippen molar-refractivity contribution < 1.29 is 65.7 Å². The van der Waals surface area contributed by atoms with Crippen LogP contribution in [0.1, 0.15) is 467 Å². The quantitative estimate of drug-likeness (QED) is 0.0170. The van der Waals surface area contributed by atoms with Crippen LogP contribution in [0.15, 0.2) is 48.6 Å². The SMILES string of the molecule is CC(C)O.CCCCCCCC[C@@H]1[C@@H](C/C=C\CCCC(=O)Cl)[C@@H](C)C[C@H]1O[Si](CC)(CC)CC.CCCCCCCC[C@@H]1[C@@H](C/C=C\CCCC(=O)O)[C@@H](C)C[C@H]1O[Si](CC)(CC)CC.CCCCCCCC[C@@H]1[C@@H](C/C=C\CCCC(=O)OC(C)C)[C@@H](C)C[C@H]1O.CCCCCCCC[C@@H]1[C@@H](C/C=C\CCCC(=O)OC(C)C)[C@@H](C)C[C@H]1O[Si](CC)(CC)CC.O=S(=O)(Cl)Cl. The summed E-state index contributed by atoms with van der Waals surface area (Å²) in [7, 11) is 0.0789. The lowest BCUT2D eigenvalue weighted by Gasteiger charge is -2.35. The molecule has 0 aromatic heterocycles. The second-order valence-corrected chi connectivity index (χ2v) is 59.6. The second-order valence-electron chi connectivity index (χ2n) is 41.4. The Morgan fingerprint density at radius 1 is 0.341 bits per heavy atom. The number of carboxylic acids is 1. The van der Waals surface area contributed by atoms with E-state index < -0.39 is 39.2 Å². The number of carbonyl (C=O) groups excluding carboxylic acids is 3. The number of allylic oxidation sites excluding steroid dienone is 8. The van der Waals surface area contributed by atoms with Crippen LogP contribution in [0.5, 0.6) is 0 Å². The summed E-state index contributed by atoms with van der Waals surface area (Å²) < 4.78 is 50.0. The van der Waals surface area contributed by atoms with E-state index in [1.165, 1.54) is 253 Å². The first-order chi connectivity index (χ1) is 62.9. The highest BCUT2D eigenvalue weighted by molar-refractivity contribution is 8.31. The van der Waals surface area contributed by atoms with Crippen molar-refractivity contribution in [1.29, 1.82) is 0 Å². The number of carboxylic acid groups (broad SMARTS) is 1. The fourth-order valence-electron chi connectivity index (χ4n) is 21.5. The van der Waals surface area contributed by atoms with Crippen molar-refractivity contribution in [3.8, 4) is 0 Å². The molecule has 16 atom stereocenters. The van der Waals surface area contributed by atoms with Crippen LogP contribution in [0.25, 0.3) is 0 Å². The minimum absolute atomic E-state index is 0.0134. The molecular weight excluding hydrogens is 1780 g/mol. The molecule has 4 fully saturated rings. The van der Waals surface area contributed by atoms with E-state index in [0.29, 0.717) is 79.0 Å². The van der Waals surface area contributed by atoms with Gasteiger partial charge in [0.15, 0.2) is 25.0 Å². The first-order valence-corrected chi connectivity index (χ1v) is 66.4. The van der Waals surface area contributed by atoms with E-state index in [0.717, 1.165) is 113 Å². The Balaban J connectivity index is 0. The first-order valence-electron chi connectivity index (χ1n) is 55.3.